The Balaban J connectivity index is 1.62. The van der Waals surface area contributed by atoms with Gasteiger partial charge in [0.25, 0.3) is 5.91 Å². The minimum Gasteiger partial charge on any atom is -0.352 e. The number of hydrogen-bond donors (Lipinski definition) is 1. The minimum absolute atomic E-state index is 0.00942. The van der Waals surface area contributed by atoms with E-state index in [-0.39, 0.29) is 5.91 Å². The van der Waals surface area contributed by atoms with Gasteiger partial charge < -0.3 is 5.32 Å². The zero-order chi connectivity index (χ0) is 18.6. The highest BCUT2D eigenvalue weighted by Crippen LogP contribution is 2.42. The zero-order valence-corrected chi connectivity index (χ0v) is 16.0. The van der Waals surface area contributed by atoms with E-state index in [2.05, 4.69) is 41.6 Å². The molecule has 6 nitrogen and oxygen atoms in total. The Bertz CT molecular complexity index is 735. The molecule has 0 spiro atoms. The molecule has 0 bridgehead atoms. The second-order valence-electron chi connectivity index (χ2n) is 7.94. The molecule has 1 aromatic carbocycles. The molecule has 1 N–H and O–H groups in total. The summed E-state index contributed by atoms with van der Waals surface area (Å²) < 4.78 is 1.82. The maximum atomic E-state index is 12.5. The van der Waals surface area contributed by atoms with Crippen molar-refractivity contribution < 1.29 is 4.79 Å². The van der Waals surface area contributed by atoms with Gasteiger partial charge in [0.05, 0.1) is 0 Å². The molecule has 1 saturated carbocycles. The lowest BCUT2D eigenvalue weighted by atomic mass is 9.82. The molecule has 3 rings (SSSR count). The zero-order valence-electron chi connectivity index (χ0n) is 16.0. The minimum atomic E-state index is -0.00942. The van der Waals surface area contributed by atoms with Crippen LogP contribution in [0.15, 0.2) is 24.3 Å². The molecule has 6 heteroatoms. The van der Waals surface area contributed by atoms with Crippen molar-refractivity contribution in [3.8, 4) is 11.4 Å². The maximum Gasteiger partial charge on any atom is 0.251 e. The van der Waals surface area contributed by atoms with E-state index in [1.165, 1.54) is 19.3 Å². The quantitative estimate of drug-likeness (QED) is 0.822. The summed E-state index contributed by atoms with van der Waals surface area (Å²) in [7, 11) is 0. The van der Waals surface area contributed by atoms with E-state index >= 15 is 0 Å². The van der Waals surface area contributed by atoms with Crippen molar-refractivity contribution >= 4 is 5.91 Å². The summed E-state index contributed by atoms with van der Waals surface area (Å²) in [5.41, 5.74) is 1.93. The maximum absolute atomic E-state index is 12.5. The second kappa shape index (κ2) is 7.98. The number of nitrogens with one attached hydrogen (secondary N) is 1. The third-order valence-corrected chi connectivity index (χ3v) is 5.65. The summed E-state index contributed by atoms with van der Waals surface area (Å²) in [4.78, 5) is 12.5. The number of aromatic nitrogens is 4. The number of tetrazole rings is 1. The molecule has 1 fully saturated rings. The monoisotopic (exact) mass is 355 g/mol. The number of unbranched alkanes of at least 4 members (excludes halogenated alkanes) is 1. The molecular formula is C20H29N5O. The summed E-state index contributed by atoms with van der Waals surface area (Å²) in [5, 5.41) is 15.1. The third kappa shape index (κ3) is 4.11. The summed E-state index contributed by atoms with van der Waals surface area (Å²) in [5.74, 6) is 1.30. The molecule has 1 aromatic heterocycles. The highest BCUT2D eigenvalue weighted by Gasteiger charge is 2.34. The van der Waals surface area contributed by atoms with Gasteiger partial charge in [-0.1, -0.05) is 45.7 Å². The average molecular weight is 355 g/mol. The molecule has 26 heavy (non-hydrogen) atoms. The van der Waals surface area contributed by atoms with Crippen LogP contribution < -0.4 is 5.32 Å². The van der Waals surface area contributed by atoms with Crippen molar-refractivity contribution in [3.63, 3.8) is 0 Å². The van der Waals surface area contributed by atoms with Crippen LogP contribution in [0.25, 0.3) is 11.4 Å². The van der Waals surface area contributed by atoms with Crippen molar-refractivity contribution in [3.05, 3.63) is 29.8 Å². The topological polar surface area (TPSA) is 72.7 Å². The molecule has 2 aromatic rings. The molecule has 140 valence electrons. The van der Waals surface area contributed by atoms with Gasteiger partial charge in [-0.15, -0.1) is 5.10 Å². The first-order chi connectivity index (χ1) is 12.5. The number of hydrogen-bond acceptors (Lipinski definition) is 4. The SMILES string of the molecule is CCCCn1nnnc1-c1ccc(C(=O)NCC2CCCC2(C)C)cc1. The van der Waals surface area contributed by atoms with E-state index in [0.717, 1.165) is 37.3 Å². The second-order valence-corrected chi connectivity index (χ2v) is 7.94. The number of carbonyl (C=O) groups excluding carboxylic acids is 1. The van der Waals surface area contributed by atoms with Crippen LogP contribution in [0.4, 0.5) is 0 Å². The standard InChI is InChI=1S/C20H29N5O/c1-4-5-13-25-18(22-23-24-25)15-8-10-16(11-9-15)19(26)21-14-17-7-6-12-20(17,2)3/h8-11,17H,4-7,12-14H2,1-3H3,(H,21,26). The fourth-order valence-corrected chi connectivity index (χ4v) is 3.74. The number of aryl methyl sites for hydroxylation is 1. The Morgan fingerprint density at radius 1 is 1.31 bits per heavy atom. The van der Waals surface area contributed by atoms with Crippen molar-refractivity contribution in [2.45, 2.75) is 59.4 Å². The molecule has 1 atom stereocenters. The number of rotatable bonds is 7. The van der Waals surface area contributed by atoms with Crippen LogP contribution in [0, 0.1) is 11.3 Å². The number of benzene rings is 1. The predicted octanol–water partition coefficient (Wildman–Crippen LogP) is 3.70. The number of nitrogens with zero attached hydrogens (tertiary/aromatic N) is 4. The molecule has 0 aliphatic heterocycles. The molecule has 1 amide bonds. The van der Waals surface area contributed by atoms with E-state index in [4.69, 9.17) is 0 Å². The molecule has 0 radical (unpaired) electrons. The predicted molar refractivity (Wildman–Crippen MR) is 102 cm³/mol. The Morgan fingerprint density at radius 3 is 2.73 bits per heavy atom. The average Bonchev–Trinajstić information content (AvgIpc) is 3.23. The first kappa shape index (κ1) is 18.5. The lowest BCUT2D eigenvalue weighted by molar-refractivity contribution is 0.0937. The Hall–Kier alpha value is -2.24. The summed E-state index contributed by atoms with van der Waals surface area (Å²) in [6.45, 7) is 8.30. The fourth-order valence-electron chi connectivity index (χ4n) is 3.74. The van der Waals surface area contributed by atoms with E-state index in [1.54, 1.807) is 0 Å². The Kier molecular flexibility index (Phi) is 5.69. The number of carbonyl (C=O) groups is 1. The van der Waals surface area contributed by atoms with Crippen molar-refractivity contribution in [2.75, 3.05) is 6.54 Å². The van der Waals surface area contributed by atoms with Crippen molar-refractivity contribution in [1.82, 2.24) is 25.5 Å². The molecule has 1 aliphatic rings. The fraction of sp³-hybridized carbons (Fsp3) is 0.600. The van der Waals surface area contributed by atoms with Crippen molar-refractivity contribution in [1.29, 1.82) is 0 Å². The van der Waals surface area contributed by atoms with E-state index < -0.39 is 0 Å². The summed E-state index contributed by atoms with van der Waals surface area (Å²) in [6.07, 6.45) is 5.84. The molecule has 1 unspecified atom stereocenters. The lowest BCUT2D eigenvalue weighted by Gasteiger charge is -2.27. The highest BCUT2D eigenvalue weighted by atomic mass is 16.1. The van der Waals surface area contributed by atoms with Gasteiger partial charge >= 0.3 is 0 Å². The largest absolute Gasteiger partial charge is 0.352 e. The van der Waals surface area contributed by atoms with Crippen LogP contribution >= 0.6 is 0 Å². The highest BCUT2D eigenvalue weighted by molar-refractivity contribution is 5.94. The van der Waals surface area contributed by atoms with E-state index in [0.29, 0.717) is 16.9 Å². The summed E-state index contributed by atoms with van der Waals surface area (Å²) >= 11 is 0. The van der Waals surface area contributed by atoms with Gasteiger partial charge in [-0.05, 0) is 53.2 Å². The van der Waals surface area contributed by atoms with E-state index in [1.807, 2.05) is 28.9 Å². The van der Waals surface area contributed by atoms with Crippen LogP contribution in [0.2, 0.25) is 0 Å². The molecule has 1 aliphatic carbocycles. The van der Waals surface area contributed by atoms with Crippen LogP contribution in [0.3, 0.4) is 0 Å². The Labute approximate surface area is 155 Å². The van der Waals surface area contributed by atoms with Gasteiger partial charge in [-0.3, -0.25) is 4.79 Å². The third-order valence-electron chi connectivity index (χ3n) is 5.65. The van der Waals surface area contributed by atoms with Crippen molar-refractivity contribution in [2.24, 2.45) is 11.3 Å². The molecule has 0 saturated heterocycles. The molecule has 1 heterocycles. The normalized spacial score (nSPS) is 18.8. The first-order valence-electron chi connectivity index (χ1n) is 9.66. The van der Waals surface area contributed by atoms with Gasteiger partial charge in [0.15, 0.2) is 5.82 Å². The summed E-state index contributed by atoms with van der Waals surface area (Å²) in [6, 6.07) is 7.54. The van der Waals surface area contributed by atoms with Crippen LogP contribution in [-0.4, -0.2) is 32.7 Å². The van der Waals surface area contributed by atoms with Crippen LogP contribution in [0.5, 0.6) is 0 Å². The molecular weight excluding hydrogens is 326 g/mol. The Morgan fingerprint density at radius 2 is 2.08 bits per heavy atom. The van der Waals surface area contributed by atoms with Gasteiger partial charge in [-0.2, -0.15) is 0 Å². The van der Waals surface area contributed by atoms with Crippen LogP contribution in [0.1, 0.15) is 63.2 Å². The van der Waals surface area contributed by atoms with Gasteiger partial charge in [0.1, 0.15) is 0 Å². The van der Waals surface area contributed by atoms with Gasteiger partial charge in [-0.25, -0.2) is 4.68 Å². The van der Waals surface area contributed by atoms with Gasteiger partial charge in [0, 0.05) is 24.2 Å². The lowest BCUT2D eigenvalue weighted by Crippen LogP contribution is -2.33. The van der Waals surface area contributed by atoms with Gasteiger partial charge in [0.2, 0.25) is 0 Å². The van der Waals surface area contributed by atoms with E-state index in [9.17, 15) is 4.79 Å². The first-order valence-corrected chi connectivity index (χ1v) is 9.66. The number of amides is 1. The smallest absolute Gasteiger partial charge is 0.251 e. The van der Waals surface area contributed by atoms with Crippen LogP contribution in [-0.2, 0) is 6.54 Å².